The first-order chi connectivity index (χ1) is 19.3. The summed E-state index contributed by atoms with van der Waals surface area (Å²) in [6, 6.07) is 22.1. The van der Waals surface area contributed by atoms with E-state index in [-0.39, 0.29) is 31.0 Å². The molecule has 1 aliphatic rings. The third kappa shape index (κ3) is 8.25. The van der Waals surface area contributed by atoms with E-state index in [1.54, 1.807) is 23.1 Å². The molecule has 0 saturated heterocycles. The summed E-state index contributed by atoms with van der Waals surface area (Å²) in [5.74, 6) is 0.505. The van der Waals surface area contributed by atoms with E-state index >= 15 is 0 Å². The number of hydrogen-bond donors (Lipinski definition) is 1. The van der Waals surface area contributed by atoms with Crippen LogP contribution in [0.5, 0.6) is 5.75 Å². The summed E-state index contributed by atoms with van der Waals surface area (Å²) < 4.78 is 5.92. The number of hydrogen-bond acceptors (Lipinski definition) is 3. The molecular formula is C33H38Cl2N2O3. The van der Waals surface area contributed by atoms with Gasteiger partial charge >= 0.3 is 0 Å². The van der Waals surface area contributed by atoms with Crippen LogP contribution in [0.1, 0.15) is 68.6 Å². The molecule has 0 aliphatic heterocycles. The van der Waals surface area contributed by atoms with E-state index < -0.39 is 6.04 Å². The number of rotatable bonds is 11. The van der Waals surface area contributed by atoms with Crippen LogP contribution in [0.25, 0.3) is 0 Å². The van der Waals surface area contributed by atoms with Gasteiger partial charge in [-0.1, -0.05) is 105 Å². The highest BCUT2D eigenvalue weighted by Crippen LogP contribution is 2.28. The number of halogens is 2. The second kappa shape index (κ2) is 14.6. The molecule has 0 radical (unpaired) electrons. The average Bonchev–Trinajstić information content (AvgIpc) is 2.96. The second-order valence-electron chi connectivity index (χ2n) is 10.8. The number of amides is 2. The van der Waals surface area contributed by atoms with Gasteiger partial charge < -0.3 is 15.0 Å². The number of carbonyl (C=O) groups is 2. The Balaban J connectivity index is 1.62. The number of benzene rings is 3. The molecular weight excluding hydrogens is 543 g/mol. The number of nitrogens with one attached hydrogen (secondary N) is 1. The van der Waals surface area contributed by atoms with E-state index in [1.165, 1.54) is 12.0 Å². The predicted octanol–water partition coefficient (Wildman–Crippen LogP) is 7.58. The Hall–Kier alpha value is -3.02. The zero-order valence-corrected chi connectivity index (χ0v) is 24.8. The van der Waals surface area contributed by atoms with Crippen LogP contribution in [-0.2, 0) is 22.6 Å². The molecule has 3 aromatic rings. The standard InChI is InChI=1S/C33H38Cl2N2O3/c1-23(2)25-16-18-27(19-17-25)40-22-32(38)37(21-28-29(34)14-9-15-30(28)35)31(20-24-10-5-3-6-11-24)33(39)36-26-12-7-4-8-13-26/h3,5-6,9-11,14-19,23,26,31H,4,7-8,12-13,20-22H2,1-2H3,(H,36,39)/t31-/m0/s1. The maximum Gasteiger partial charge on any atom is 0.261 e. The van der Waals surface area contributed by atoms with E-state index in [9.17, 15) is 9.59 Å². The summed E-state index contributed by atoms with van der Waals surface area (Å²) in [7, 11) is 0. The predicted molar refractivity (Wildman–Crippen MR) is 162 cm³/mol. The fourth-order valence-electron chi connectivity index (χ4n) is 5.13. The average molecular weight is 582 g/mol. The van der Waals surface area contributed by atoms with Gasteiger partial charge in [-0.3, -0.25) is 9.59 Å². The van der Waals surface area contributed by atoms with Gasteiger partial charge in [-0.15, -0.1) is 0 Å². The molecule has 1 aliphatic carbocycles. The molecule has 1 saturated carbocycles. The van der Waals surface area contributed by atoms with Gasteiger partial charge in [0.2, 0.25) is 5.91 Å². The largest absolute Gasteiger partial charge is 0.484 e. The Morgan fingerprint density at radius 2 is 1.55 bits per heavy atom. The highest BCUT2D eigenvalue weighted by molar-refractivity contribution is 6.36. The maximum atomic E-state index is 13.9. The van der Waals surface area contributed by atoms with Gasteiger partial charge in [0, 0.05) is 34.6 Å². The minimum absolute atomic E-state index is 0.0859. The van der Waals surface area contributed by atoms with E-state index in [0.717, 1.165) is 31.2 Å². The van der Waals surface area contributed by atoms with Crippen LogP contribution < -0.4 is 10.1 Å². The van der Waals surface area contributed by atoms with Crippen LogP contribution in [0.2, 0.25) is 10.0 Å². The molecule has 0 bridgehead atoms. The van der Waals surface area contributed by atoms with Gasteiger partial charge in [-0.25, -0.2) is 0 Å². The molecule has 1 N–H and O–H groups in total. The quantitative estimate of drug-likeness (QED) is 0.254. The monoisotopic (exact) mass is 580 g/mol. The first-order valence-electron chi connectivity index (χ1n) is 14.1. The van der Waals surface area contributed by atoms with Gasteiger partial charge in [0.1, 0.15) is 11.8 Å². The van der Waals surface area contributed by atoms with Crippen molar-refractivity contribution in [1.82, 2.24) is 10.2 Å². The number of carbonyl (C=O) groups excluding carboxylic acids is 2. The lowest BCUT2D eigenvalue weighted by Gasteiger charge is -2.33. The normalized spacial score (nSPS) is 14.5. The SMILES string of the molecule is CC(C)c1ccc(OCC(=O)N(Cc2c(Cl)cccc2Cl)[C@@H](Cc2ccccc2)C(=O)NC2CCCCC2)cc1. The zero-order chi connectivity index (χ0) is 28.5. The van der Waals surface area contributed by atoms with Gasteiger partial charge in [-0.2, -0.15) is 0 Å². The number of nitrogens with zero attached hydrogens (tertiary/aromatic N) is 1. The molecule has 1 atom stereocenters. The molecule has 2 amide bonds. The van der Waals surface area contributed by atoms with Crippen molar-refractivity contribution in [3.63, 3.8) is 0 Å². The first-order valence-corrected chi connectivity index (χ1v) is 14.9. The Kier molecular flexibility index (Phi) is 10.9. The van der Waals surface area contributed by atoms with Crippen molar-refractivity contribution >= 4 is 35.0 Å². The molecule has 0 spiro atoms. The van der Waals surface area contributed by atoms with E-state index in [0.29, 0.717) is 33.7 Å². The van der Waals surface area contributed by atoms with Crippen LogP contribution in [0.15, 0.2) is 72.8 Å². The zero-order valence-electron chi connectivity index (χ0n) is 23.2. The topological polar surface area (TPSA) is 58.6 Å². The molecule has 0 unspecified atom stereocenters. The third-order valence-electron chi connectivity index (χ3n) is 7.52. The summed E-state index contributed by atoms with van der Waals surface area (Å²) in [5.41, 5.74) is 2.75. The maximum absolute atomic E-state index is 13.9. The van der Waals surface area contributed by atoms with Crippen LogP contribution in [-0.4, -0.2) is 35.4 Å². The molecule has 4 rings (SSSR count). The van der Waals surface area contributed by atoms with Crippen molar-refractivity contribution in [2.24, 2.45) is 0 Å². The lowest BCUT2D eigenvalue weighted by molar-refractivity contribution is -0.143. The minimum Gasteiger partial charge on any atom is -0.484 e. The molecule has 1 fully saturated rings. The molecule has 3 aromatic carbocycles. The fraction of sp³-hybridized carbons (Fsp3) is 0.394. The van der Waals surface area contributed by atoms with Crippen LogP contribution in [0.4, 0.5) is 0 Å². The van der Waals surface area contributed by atoms with Crippen molar-refractivity contribution < 1.29 is 14.3 Å². The van der Waals surface area contributed by atoms with E-state index in [2.05, 4.69) is 19.2 Å². The smallest absolute Gasteiger partial charge is 0.261 e. The van der Waals surface area contributed by atoms with Crippen molar-refractivity contribution in [1.29, 1.82) is 0 Å². The van der Waals surface area contributed by atoms with Crippen molar-refractivity contribution in [2.75, 3.05) is 6.61 Å². The van der Waals surface area contributed by atoms with Gasteiger partial charge in [0.15, 0.2) is 6.61 Å². The Labute approximate surface area is 247 Å². The molecule has 0 heterocycles. The highest BCUT2D eigenvalue weighted by atomic mass is 35.5. The Morgan fingerprint density at radius 3 is 2.17 bits per heavy atom. The van der Waals surface area contributed by atoms with E-state index in [1.807, 2.05) is 54.6 Å². The Morgan fingerprint density at radius 1 is 0.900 bits per heavy atom. The molecule has 212 valence electrons. The summed E-state index contributed by atoms with van der Waals surface area (Å²) in [5, 5.41) is 4.13. The summed E-state index contributed by atoms with van der Waals surface area (Å²) >= 11 is 13.1. The summed E-state index contributed by atoms with van der Waals surface area (Å²) in [6.07, 6.45) is 5.62. The highest BCUT2D eigenvalue weighted by Gasteiger charge is 2.33. The van der Waals surface area contributed by atoms with Crippen molar-refractivity contribution in [2.45, 2.75) is 76.9 Å². The molecule has 40 heavy (non-hydrogen) atoms. The molecule has 0 aromatic heterocycles. The number of ether oxygens (including phenoxy) is 1. The summed E-state index contributed by atoms with van der Waals surface area (Å²) in [6.45, 7) is 4.12. The van der Waals surface area contributed by atoms with Gasteiger partial charge in [-0.05, 0) is 54.2 Å². The van der Waals surface area contributed by atoms with Crippen LogP contribution in [0, 0.1) is 0 Å². The van der Waals surface area contributed by atoms with Crippen LogP contribution in [0.3, 0.4) is 0 Å². The van der Waals surface area contributed by atoms with Crippen molar-refractivity contribution in [3.05, 3.63) is 99.5 Å². The fourth-order valence-corrected chi connectivity index (χ4v) is 5.65. The van der Waals surface area contributed by atoms with Gasteiger partial charge in [0.25, 0.3) is 5.91 Å². The lowest BCUT2D eigenvalue weighted by atomic mass is 9.94. The van der Waals surface area contributed by atoms with E-state index in [4.69, 9.17) is 27.9 Å². The lowest BCUT2D eigenvalue weighted by Crippen LogP contribution is -2.53. The van der Waals surface area contributed by atoms with Crippen molar-refractivity contribution in [3.8, 4) is 5.75 Å². The molecule has 7 heteroatoms. The van der Waals surface area contributed by atoms with Crippen LogP contribution >= 0.6 is 23.2 Å². The Bertz CT molecular complexity index is 1240. The summed E-state index contributed by atoms with van der Waals surface area (Å²) in [4.78, 5) is 29.3. The third-order valence-corrected chi connectivity index (χ3v) is 8.23. The van der Waals surface area contributed by atoms with Gasteiger partial charge in [0.05, 0.1) is 0 Å². The molecule has 5 nitrogen and oxygen atoms in total. The minimum atomic E-state index is -0.768. The first kappa shape index (κ1) is 30.0. The second-order valence-corrected chi connectivity index (χ2v) is 11.6.